The van der Waals surface area contributed by atoms with Crippen LogP contribution in [0.25, 0.3) is 0 Å². The van der Waals surface area contributed by atoms with Crippen molar-refractivity contribution in [1.29, 1.82) is 0 Å². The van der Waals surface area contributed by atoms with Crippen molar-refractivity contribution in [3.05, 3.63) is 47.7 Å². The molecule has 1 heterocycles. The van der Waals surface area contributed by atoms with Crippen LogP contribution in [0.4, 0.5) is 5.69 Å². The summed E-state index contributed by atoms with van der Waals surface area (Å²) in [5.41, 5.74) is 8.60. The maximum Gasteiger partial charge on any atom is 0.233 e. The molecule has 0 saturated heterocycles. The SMILES string of the molecule is Cc1ccc(OCCc2ccccc2N)nn1. The summed E-state index contributed by atoms with van der Waals surface area (Å²) in [5.74, 6) is 0.546. The number of nitrogen functional groups attached to an aromatic ring is 1. The van der Waals surface area contributed by atoms with Crippen LogP contribution in [0, 0.1) is 6.92 Å². The first-order chi connectivity index (χ1) is 8.25. The van der Waals surface area contributed by atoms with E-state index in [-0.39, 0.29) is 0 Å². The number of hydrogen-bond donors (Lipinski definition) is 1. The van der Waals surface area contributed by atoms with Gasteiger partial charge in [0.1, 0.15) is 0 Å². The molecule has 0 fully saturated rings. The van der Waals surface area contributed by atoms with E-state index >= 15 is 0 Å². The molecule has 17 heavy (non-hydrogen) atoms. The average molecular weight is 229 g/mol. The summed E-state index contributed by atoms with van der Waals surface area (Å²) in [7, 11) is 0. The summed E-state index contributed by atoms with van der Waals surface area (Å²) < 4.78 is 5.49. The molecule has 1 aromatic carbocycles. The molecule has 4 heteroatoms. The largest absolute Gasteiger partial charge is 0.476 e. The molecule has 2 N–H and O–H groups in total. The minimum Gasteiger partial charge on any atom is -0.476 e. The Labute approximate surface area is 100 Å². The molecule has 0 aliphatic heterocycles. The molecule has 2 rings (SSSR count). The molecule has 0 aliphatic rings. The maximum atomic E-state index is 5.84. The van der Waals surface area contributed by atoms with Gasteiger partial charge >= 0.3 is 0 Å². The minimum absolute atomic E-state index is 0.546. The van der Waals surface area contributed by atoms with Gasteiger partial charge < -0.3 is 10.5 Å². The number of para-hydroxylation sites is 1. The predicted octanol–water partition coefficient (Wildman–Crippen LogP) is 1.99. The Hall–Kier alpha value is -2.10. The quantitative estimate of drug-likeness (QED) is 0.814. The molecule has 0 aliphatic carbocycles. The Balaban J connectivity index is 1.88. The third-order valence-corrected chi connectivity index (χ3v) is 2.45. The number of aromatic nitrogens is 2. The molecule has 2 aromatic rings. The van der Waals surface area contributed by atoms with Crippen LogP contribution in [-0.4, -0.2) is 16.8 Å². The van der Waals surface area contributed by atoms with Gasteiger partial charge in [-0.1, -0.05) is 18.2 Å². The first kappa shape index (κ1) is 11.4. The van der Waals surface area contributed by atoms with E-state index in [9.17, 15) is 0 Å². The summed E-state index contributed by atoms with van der Waals surface area (Å²) >= 11 is 0. The van der Waals surface area contributed by atoms with Crippen molar-refractivity contribution in [1.82, 2.24) is 10.2 Å². The van der Waals surface area contributed by atoms with Crippen LogP contribution in [0.1, 0.15) is 11.3 Å². The van der Waals surface area contributed by atoms with Crippen LogP contribution in [-0.2, 0) is 6.42 Å². The van der Waals surface area contributed by atoms with Crippen molar-refractivity contribution in [3.8, 4) is 5.88 Å². The average Bonchev–Trinajstić information content (AvgIpc) is 2.34. The molecule has 4 nitrogen and oxygen atoms in total. The molecule has 0 unspecified atom stereocenters. The van der Waals surface area contributed by atoms with Crippen LogP contribution < -0.4 is 10.5 Å². The number of rotatable bonds is 4. The van der Waals surface area contributed by atoms with Gasteiger partial charge in [0, 0.05) is 18.2 Å². The second-order valence-electron chi connectivity index (χ2n) is 3.81. The van der Waals surface area contributed by atoms with E-state index < -0.39 is 0 Å². The summed E-state index contributed by atoms with van der Waals surface area (Å²) in [6, 6.07) is 11.5. The Morgan fingerprint density at radius 2 is 1.94 bits per heavy atom. The molecule has 0 radical (unpaired) electrons. The van der Waals surface area contributed by atoms with Crippen molar-refractivity contribution >= 4 is 5.69 Å². The monoisotopic (exact) mass is 229 g/mol. The van der Waals surface area contributed by atoms with Crippen molar-refractivity contribution in [2.75, 3.05) is 12.3 Å². The van der Waals surface area contributed by atoms with Gasteiger partial charge in [-0.2, -0.15) is 5.10 Å². The van der Waals surface area contributed by atoms with E-state index in [1.165, 1.54) is 0 Å². The Kier molecular flexibility index (Phi) is 3.55. The Bertz CT molecular complexity index is 482. The van der Waals surface area contributed by atoms with E-state index in [2.05, 4.69) is 10.2 Å². The lowest BCUT2D eigenvalue weighted by molar-refractivity contribution is 0.305. The normalized spacial score (nSPS) is 10.2. The molecule has 0 spiro atoms. The zero-order valence-corrected chi connectivity index (χ0v) is 9.76. The first-order valence-electron chi connectivity index (χ1n) is 5.52. The molecule has 1 aromatic heterocycles. The third-order valence-electron chi connectivity index (χ3n) is 2.45. The lowest BCUT2D eigenvalue weighted by Gasteiger charge is -2.06. The lowest BCUT2D eigenvalue weighted by atomic mass is 10.1. The maximum absolute atomic E-state index is 5.84. The number of aryl methyl sites for hydroxylation is 1. The highest BCUT2D eigenvalue weighted by Gasteiger charge is 1.99. The van der Waals surface area contributed by atoms with E-state index in [0.717, 1.165) is 23.4 Å². The highest BCUT2D eigenvalue weighted by molar-refractivity contribution is 5.46. The third kappa shape index (κ3) is 3.17. The molecule has 88 valence electrons. The molecule has 0 atom stereocenters. The smallest absolute Gasteiger partial charge is 0.233 e. The summed E-state index contributed by atoms with van der Waals surface area (Å²) in [5, 5.41) is 7.85. The minimum atomic E-state index is 0.546. The molecule has 0 amide bonds. The molecule has 0 bridgehead atoms. The highest BCUT2D eigenvalue weighted by Crippen LogP contribution is 2.12. The van der Waals surface area contributed by atoms with Crippen LogP contribution in [0.3, 0.4) is 0 Å². The van der Waals surface area contributed by atoms with Gasteiger partial charge in [-0.3, -0.25) is 0 Å². The number of nitrogens with two attached hydrogens (primary N) is 1. The van der Waals surface area contributed by atoms with Crippen LogP contribution in [0.2, 0.25) is 0 Å². The number of nitrogens with zero attached hydrogens (tertiary/aromatic N) is 2. The fraction of sp³-hybridized carbons (Fsp3) is 0.231. The van der Waals surface area contributed by atoms with E-state index in [0.29, 0.717) is 12.5 Å². The zero-order valence-electron chi connectivity index (χ0n) is 9.76. The number of benzene rings is 1. The van der Waals surface area contributed by atoms with Crippen LogP contribution in [0.15, 0.2) is 36.4 Å². The van der Waals surface area contributed by atoms with Gasteiger partial charge in [-0.15, -0.1) is 5.10 Å². The van der Waals surface area contributed by atoms with Gasteiger partial charge in [0.25, 0.3) is 0 Å². The van der Waals surface area contributed by atoms with E-state index in [1.807, 2.05) is 43.3 Å². The van der Waals surface area contributed by atoms with Gasteiger partial charge in [-0.25, -0.2) is 0 Å². The van der Waals surface area contributed by atoms with E-state index in [1.54, 1.807) is 0 Å². The van der Waals surface area contributed by atoms with Crippen molar-refractivity contribution < 1.29 is 4.74 Å². The fourth-order valence-corrected chi connectivity index (χ4v) is 1.49. The second-order valence-corrected chi connectivity index (χ2v) is 3.81. The van der Waals surface area contributed by atoms with Gasteiger partial charge in [0.05, 0.1) is 12.3 Å². The standard InChI is InChI=1S/C13H15N3O/c1-10-6-7-13(16-15-10)17-9-8-11-4-2-3-5-12(11)14/h2-7H,8-9,14H2,1H3. The predicted molar refractivity (Wildman–Crippen MR) is 66.8 cm³/mol. The van der Waals surface area contributed by atoms with Crippen molar-refractivity contribution in [3.63, 3.8) is 0 Å². The van der Waals surface area contributed by atoms with Crippen LogP contribution in [0.5, 0.6) is 5.88 Å². The zero-order chi connectivity index (χ0) is 12.1. The Morgan fingerprint density at radius 1 is 1.12 bits per heavy atom. The first-order valence-corrected chi connectivity index (χ1v) is 5.52. The second kappa shape index (κ2) is 5.30. The number of anilines is 1. The summed E-state index contributed by atoms with van der Waals surface area (Å²) in [6.45, 7) is 2.44. The fourth-order valence-electron chi connectivity index (χ4n) is 1.49. The van der Waals surface area contributed by atoms with Crippen molar-refractivity contribution in [2.24, 2.45) is 0 Å². The summed E-state index contributed by atoms with van der Waals surface area (Å²) in [4.78, 5) is 0. The number of ether oxygens (including phenoxy) is 1. The molecular weight excluding hydrogens is 214 g/mol. The van der Waals surface area contributed by atoms with Crippen LogP contribution >= 0.6 is 0 Å². The summed E-state index contributed by atoms with van der Waals surface area (Å²) in [6.07, 6.45) is 0.766. The van der Waals surface area contributed by atoms with Crippen molar-refractivity contribution in [2.45, 2.75) is 13.3 Å². The van der Waals surface area contributed by atoms with Gasteiger partial charge in [-0.05, 0) is 24.6 Å². The lowest BCUT2D eigenvalue weighted by Crippen LogP contribution is -2.05. The topological polar surface area (TPSA) is 61.0 Å². The van der Waals surface area contributed by atoms with Gasteiger partial charge in [0.2, 0.25) is 5.88 Å². The Morgan fingerprint density at radius 3 is 2.65 bits per heavy atom. The highest BCUT2D eigenvalue weighted by atomic mass is 16.5. The van der Waals surface area contributed by atoms with Gasteiger partial charge in [0.15, 0.2) is 0 Å². The molecule has 0 saturated carbocycles. The molecular formula is C13H15N3O. The number of hydrogen-bond acceptors (Lipinski definition) is 4. The van der Waals surface area contributed by atoms with E-state index in [4.69, 9.17) is 10.5 Å².